The van der Waals surface area contributed by atoms with Crippen LogP contribution in [0.3, 0.4) is 0 Å². The van der Waals surface area contributed by atoms with E-state index in [0.29, 0.717) is 11.7 Å². The second kappa shape index (κ2) is 3.28. The molecule has 0 saturated heterocycles. The lowest BCUT2D eigenvalue weighted by Gasteiger charge is -2.08. The van der Waals surface area contributed by atoms with Gasteiger partial charge in [-0.1, -0.05) is 11.6 Å². The molecule has 1 saturated carbocycles. The molecule has 0 radical (unpaired) electrons. The molecule has 82 valence electrons. The van der Waals surface area contributed by atoms with E-state index in [1.807, 2.05) is 4.57 Å². The van der Waals surface area contributed by atoms with Gasteiger partial charge in [0.1, 0.15) is 5.65 Å². The molecule has 2 aromatic heterocycles. The molecule has 1 fully saturated rings. The van der Waals surface area contributed by atoms with Crippen molar-refractivity contribution < 1.29 is 4.39 Å². The largest absolute Gasteiger partial charge is 0.329 e. The van der Waals surface area contributed by atoms with E-state index < -0.39 is 5.82 Å². The molecule has 2 aromatic rings. The Morgan fingerprint density at radius 2 is 2.25 bits per heavy atom. The van der Waals surface area contributed by atoms with Gasteiger partial charge in [0.2, 0.25) is 0 Å². The van der Waals surface area contributed by atoms with Crippen molar-refractivity contribution in [3.8, 4) is 0 Å². The van der Waals surface area contributed by atoms with Gasteiger partial charge < -0.3 is 4.57 Å². The fourth-order valence-corrected chi connectivity index (χ4v) is 1.93. The highest BCUT2D eigenvalue weighted by Crippen LogP contribution is 2.36. The average molecular weight is 239 g/mol. The number of hydrogen-bond donors (Lipinski definition) is 0. The maximum Gasteiger partial charge on any atom is 0.191 e. The lowest BCUT2D eigenvalue weighted by Crippen LogP contribution is -2.09. The summed E-state index contributed by atoms with van der Waals surface area (Å²) in [7, 11) is 0. The molecule has 0 atom stereocenters. The van der Waals surface area contributed by atoms with Gasteiger partial charge in [-0.25, -0.2) is 9.37 Å². The summed E-state index contributed by atoms with van der Waals surface area (Å²) >= 11 is 5.64. The van der Waals surface area contributed by atoms with Gasteiger partial charge in [-0.15, -0.1) is 0 Å². The van der Waals surface area contributed by atoms with Crippen molar-refractivity contribution in [3.05, 3.63) is 39.5 Å². The van der Waals surface area contributed by atoms with E-state index in [0.717, 1.165) is 18.9 Å². The number of fused-ring (bicyclic) bond motifs is 1. The van der Waals surface area contributed by atoms with E-state index in [4.69, 9.17) is 11.6 Å². The monoisotopic (exact) mass is 238 g/mol. The van der Waals surface area contributed by atoms with E-state index in [1.54, 1.807) is 6.20 Å². The molecule has 5 heteroatoms. The van der Waals surface area contributed by atoms with E-state index in [9.17, 15) is 9.18 Å². The van der Waals surface area contributed by atoms with Crippen molar-refractivity contribution >= 4 is 22.6 Å². The molecule has 0 amide bonds. The van der Waals surface area contributed by atoms with Crippen LogP contribution in [0.1, 0.15) is 18.9 Å². The molecular weight excluding hydrogens is 231 g/mol. The third-order valence-corrected chi connectivity index (χ3v) is 3.01. The SMILES string of the molecule is O=c1ccn(C2CC2)c2nc(Cl)c(F)cc12. The number of aromatic nitrogens is 2. The van der Waals surface area contributed by atoms with Crippen LogP contribution in [0.2, 0.25) is 5.15 Å². The van der Waals surface area contributed by atoms with Crippen molar-refractivity contribution in [2.45, 2.75) is 18.9 Å². The molecular formula is C11H8ClFN2O. The van der Waals surface area contributed by atoms with Crippen LogP contribution in [0.4, 0.5) is 4.39 Å². The van der Waals surface area contributed by atoms with Crippen LogP contribution >= 0.6 is 11.6 Å². The van der Waals surface area contributed by atoms with Crippen LogP contribution in [-0.4, -0.2) is 9.55 Å². The number of pyridine rings is 2. The Balaban J connectivity index is 2.42. The van der Waals surface area contributed by atoms with Crippen molar-refractivity contribution in [3.63, 3.8) is 0 Å². The lowest BCUT2D eigenvalue weighted by atomic mass is 10.2. The van der Waals surface area contributed by atoms with Crippen molar-refractivity contribution in [2.75, 3.05) is 0 Å². The predicted molar refractivity (Wildman–Crippen MR) is 59.2 cm³/mol. The van der Waals surface area contributed by atoms with Crippen LogP contribution in [0, 0.1) is 5.82 Å². The zero-order valence-corrected chi connectivity index (χ0v) is 9.04. The fourth-order valence-electron chi connectivity index (χ4n) is 1.79. The summed E-state index contributed by atoms with van der Waals surface area (Å²) in [4.78, 5) is 15.5. The van der Waals surface area contributed by atoms with Crippen LogP contribution < -0.4 is 5.43 Å². The van der Waals surface area contributed by atoms with Crippen molar-refractivity contribution in [2.24, 2.45) is 0 Å². The number of nitrogens with zero attached hydrogens (tertiary/aromatic N) is 2. The summed E-state index contributed by atoms with van der Waals surface area (Å²) in [5, 5.41) is 0.101. The molecule has 1 aliphatic rings. The second-order valence-corrected chi connectivity index (χ2v) is 4.31. The van der Waals surface area contributed by atoms with E-state index in [-0.39, 0.29) is 16.0 Å². The van der Waals surface area contributed by atoms with Gasteiger partial charge in [-0.3, -0.25) is 4.79 Å². The first kappa shape index (κ1) is 9.78. The highest BCUT2D eigenvalue weighted by atomic mass is 35.5. The number of rotatable bonds is 1. The molecule has 2 heterocycles. The third-order valence-electron chi connectivity index (χ3n) is 2.75. The first-order valence-electron chi connectivity index (χ1n) is 5.04. The summed E-state index contributed by atoms with van der Waals surface area (Å²) in [6.07, 6.45) is 3.83. The topological polar surface area (TPSA) is 34.9 Å². The van der Waals surface area contributed by atoms with Gasteiger partial charge in [0.25, 0.3) is 0 Å². The molecule has 0 aliphatic heterocycles. The summed E-state index contributed by atoms with van der Waals surface area (Å²) < 4.78 is 15.1. The summed E-state index contributed by atoms with van der Waals surface area (Å²) in [6, 6.07) is 2.97. The van der Waals surface area contributed by atoms with E-state index >= 15 is 0 Å². The lowest BCUT2D eigenvalue weighted by molar-refractivity contribution is 0.623. The Hall–Kier alpha value is -1.42. The molecule has 0 N–H and O–H groups in total. The Morgan fingerprint density at radius 1 is 1.50 bits per heavy atom. The maximum absolute atomic E-state index is 13.2. The van der Waals surface area contributed by atoms with Crippen LogP contribution in [0.25, 0.3) is 11.0 Å². The zero-order valence-electron chi connectivity index (χ0n) is 8.28. The molecule has 0 aromatic carbocycles. The summed E-state index contributed by atoms with van der Waals surface area (Å²) in [6.45, 7) is 0. The Morgan fingerprint density at radius 3 is 2.94 bits per heavy atom. The number of halogens is 2. The minimum absolute atomic E-state index is 0.187. The molecule has 0 spiro atoms. The van der Waals surface area contributed by atoms with Crippen LogP contribution in [-0.2, 0) is 0 Å². The standard InChI is InChI=1S/C11H8ClFN2O/c12-10-8(13)5-7-9(16)3-4-15(6-1-2-6)11(7)14-10/h3-6H,1-2H2. The fraction of sp³-hybridized carbons (Fsp3) is 0.273. The zero-order chi connectivity index (χ0) is 11.3. The molecule has 16 heavy (non-hydrogen) atoms. The quantitative estimate of drug-likeness (QED) is 0.716. The van der Waals surface area contributed by atoms with Gasteiger partial charge in [0.05, 0.1) is 5.39 Å². The Kier molecular flexibility index (Phi) is 2.01. The van der Waals surface area contributed by atoms with Crippen molar-refractivity contribution in [1.29, 1.82) is 0 Å². The highest BCUT2D eigenvalue weighted by Gasteiger charge is 2.25. The predicted octanol–water partition coefficient (Wildman–Crippen LogP) is 2.52. The maximum atomic E-state index is 13.2. The van der Waals surface area contributed by atoms with Gasteiger partial charge >= 0.3 is 0 Å². The van der Waals surface area contributed by atoms with E-state index in [1.165, 1.54) is 6.07 Å². The summed E-state index contributed by atoms with van der Waals surface area (Å²) in [5.74, 6) is -0.653. The minimum Gasteiger partial charge on any atom is -0.329 e. The summed E-state index contributed by atoms with van der Waals surface area (Å²) in [5.41, 5.74) is 0.247. The minimum atomic E-state index is -0.653. The molecule has 0 bridgehead atoms. The molecule has 0 unspecified atom stereocenters. The van der Waals surface area contributed by atoms with Crippen LogP contribution in [0.5, 0.6) is 0 Å². The van der Waals surface area contributed by atoms with Gasteiger partial charge in [-0.2, -0.15) is 0 Å². The van der Waals surface area contributed by atoms with Gasteiger partial charge in [0, 0.05) is 18.3 Å². The highest BCUT2D eigenvalue weighted by molar-refractivity contribution is 6.29. The van der Waals surface area contributed by atoms with Gasteiger partial charge in [0.15, 0.2) is 16.4 Å². The molecule has 3 rings (SSSR count). The third kappa shape index (κ3) is 1.41. The number of hydrogen-bond acceptors (Lipinski definition) is 2. The van der Waals surface area contributed by atoms with E-state index in [2.05, 4.69) is 4.98 Å². The molecule has 3 nitrogen and oxygen atoms in total. The Bertz CT molecular complexity index is 634. The first-order valence-corrected chi connectivity index (χ1v) is 5.41. The average Bonchev–Trinajstić information content (AvgIpc) is 3.05. The van der Waals surface area contributed by atoms with Crippen LogP contribution in [0.15, 0.2) is 23.1 Å². The second-order valence-electron chi connectivity index (χ2n) is 3.95. The first-order chi connectivity index (χ1) is 7.66. The molecule has 1 aliphatic carbocycles. The van der Waals surface area contributed by atoms with Gasteiger partial charge in [-0.05, 0) is 18.9 Å². The Labute approximate surface area is 95.5 Å². The normalized spacial score (nSPS) is 15.6. The van der Waals surface area contributed by atoms with Crippen molar-refractivity contribution in [1.82, 2.24) is 9.55 Å². The smallest absolute Gasteiger partial charge is 0.191 e.